The molecule has 3 nitrogen and oxygen atoms in total. The van der Waals surface area contributed by atoms with E-state index in [1.54, 1.807) is 0 Å². The summed E-state index contributed by atoms with van der Waals surface area (Å²) in [5.41, 5.74) is 0. The van der Waals surface area contributed by atoms with Crippen LogP contribution in [0.3, 0.4) is 0 Å². The second-order valence-electron chi connectivity index (χ2n) is 3.11. The van der Waals surface area contributed by atoms with E-state index < -0.39 is 5.97 Å². The molecule has 0 N–H and O–H groups in total. The summed E-state index contributed by atoms with van der Waals surface area (Å²) in [4.78, 5) is 10.7. The van der Waals surface area contributed by atoms with Gasteiger partial charge in [0.25, 0.3) is 0 Å². The van der Waals surface area contributed by atoms with Crippen molar-refractivity contribution in [2.75, 3.05) is 7.11 Å². The summed E-state index contributed by atoms with van der Waals surface area (Å²) in [5, 5.41) is 0. The van der Waals surface area contributed by atoms with E-state index >= 15 is 0 Å². The molecular formula is C12H18O3. The highest BCUT2D eigenvalue weighted by Crippen LogP contribution is 2.06. The molecule has 0 aromatic rings. The van der Waals surface area contributed by atoms with Crippen molar-refractivity contribution in [3.8, 4) is 12.3 Å². The van der Waals surface area contributed by atoms with Gasteiger partial charge in [0.1, 0.15) is 0 Å². The summed E-state index contributed by atoms with van der Waals surface area (Å²) in [6.45, 7) is 2.13. The Morgan fingerprint density at radius 2 is 2.27 bits per heavy atom. The van der Waals surface area contributed by atoms with E-state index in [1.165, 1.54) is 19.4 Å². The molecule has 0 aromatic heterocycles. The number of terminal acetylenes is 1. The van der Waals surface area contributed by atoms with E-state index in [-0.39, 0.29) is 6.10 Å². The number of esters is 1. The number of carbonyl (C=O) groups excluding carboxylic acids is 1. The van der Waals surface area contributed by atoms with Gasteiger partial charge in [-0.3, -0.25) is 0 Å². The predicted octanol–water partition coefficient (Wildman–Crippen LogP) is 2.27. The third-order valence-corrected chi connectivity index (χ3v) is 1.90. The molecule has 0 heterocycles. The van der Waals surface area contributed by atoms with Gasteiger partial charge in [-0.1, -0.05) is 25.7 Å². The van der Waals surface area contributed by atoms with Gasteiger partial charge >= 0.3 is 5.97 Å². The van der Waals surface area contributed by atoms with E-state index in [2.05, 4.69) is 17.6 Å². The smallest absolute Gasteiger partial charge is 0.333 e. The molecule has 0 aliphatic rings. The van der Waals surface area contributed by atoms with Crippen molar-refractivity contribution in [2.24, 2.45) is 0 Å². The maximum atomic E-state index is 10.7. The Labute approximate surface area is 91.5 Å². The fourth-order valence-corrected chi connectivity index (χ4v) is 1.03. The molecule has 3 heteroatoms. The Morgan fingerprint density at radius 3 is 2.80 bits per heavy atom. The molecule has 0 aliphatic carbocycles. The lowest BCUT2D eigenvalue weighted by molar-refractivity contribution is -0.135. The Balaban J connectivity index is 3.76. The molecule has 1 atom stereocenters. The van der Waals surface area contributed by atoms with Crippen LogP contribution >= 0.6 is 0 Å². The average Bonchev–Trinajstić information content (AvgIpc) is 2.26. The van der Waals surface area contributed by atoms with Gasteiger partial charge in [0.2, 0.25) is 0 Å². The van der Waals surface area contributed by atoms with Gasteiger partial charge in [-0.2, -0.15) is 0 Å². The molecule has 0 aromatic carbocycles. The van der Waals surface area contributed by atoms with Crippen LogP contribution < -0.4 is 0 Å². The van der Waals surface area contributed by atoms with Gasteiger partial charge in [-0.05, 0) is 12.8 Å². The molecular weight excluding hydrogens is 192 g/mol. The zero-order chi connectivity index (χ0) is 11.5. The number of unbranched alkanes of at least 4 members (excludes halogenated alkanes) is 2. The number of hydrogen-bond donors (Lipinski definition) is 0. The highest BCUT2D eigenvalue weighted by molar-refractivity contribution is 5.81. The molecule has 0 spiro atoms. The zero-order valence-corrected chi connectivity index (χ0v) is 9.36. The van der Waals surface area contributed by atoms with E-state index in [1.807, 2.05) is 0 Å². The van der Waals surface area contributed by atoms with Crippen LogP contribution in [0.1, 0.15) is 32.6 Å². The van der Waals surface area contributed by atoms with Crippen LogP contribution in [0.4, 0.5) is 0 Å². The zero-order valence-electron chi connectivity index (χ0n) is 9.36. The third-order valence-electron chi connectivity index (χ3n) is 1.90. The Hall–Kier alpha value is -1.43. The molecule has 0 fully saturated rings. The first-order valence-electron chi connectivity index (χ1n) is 5.10. The minimum absolute atomic E-state index is 0.252. The van der Waals surface area contributed by atoms with Crippen LogP contribution in [-0.4, -0.2) is 19.2 Å². The fraction of sp³-hybridized carbons (Fsp3) is 0.583. The molecule has 0 amide bonds. The molecule has 15 heavy (non-hydrogen) atoms. The Kier molecular flexibility index (Phi) is 8.27. The molecule has 0 saturated heterocycles. The normalized spacial score (nSPS) is 12.1. The maximum Gasteiger partial charge on any atom is 0.333 e. The first-order valence-corrected chi connectivity index (χ1v) is 5.10. The maximum absolute atomic E-state index is 10.7. The largest absolute Gasteiger partial charge is 0.485 e. The van der Waals surface area contributed by atoms with Crippen molar-refractivity contribution in [1.29, 1.82) is 0 Å². The standard InChI is InChI=1S/C12H18O3/c1-4-6-7-8-11(5-2)15-10-9-12(13)14-3/h2,9-11H,4,6-8H2,1,3H3/b10-9+. The van der Waals surface area contributed by atoms with Gasteiger partial charge in [0, 0.05) is 0 Å². The highest BCUT2D eigenvalue weighted by atomic mass is 16.5. The van der Waals surface area contributed by atoms with Crippen molar-refractivity contribution >= 4 is 5.97 Å². The number of ether oxygens (including phenoxy) is 2. The molecule has 0 aliphatic heterocycles. The van der Waals surface area contributed by atoms with Crippen LogP contribution in [-0.2, 0) is 14.3 Å². The minimum atomic E-state index is -0.445. The second kappa shape index (κ2) is 9.14. The van der Waals surface area contributed by atoms with E-state index in [0.29, 0.717) is 0 Å². The fourth-order valence-electron chi connectivity index (χ4n) is 1.03. The summed E-state index contributed by atoms with van der Waals surface area (Å²) in [6, 6.07) is 0. The predicted molar refractivity (Wildman–Crippen MR) is 59.0 cm³/mol. The quantitative estimate of drug-likeness (QED) is 0.212. The van der Waals surface area contributed by atoms with Crippen molar-refractivity contribution in [3.05, 3.63) is 12.3 Å². The van der Waals surface area contributed by atoms with Crippen LogP contribution in [0.2, 0.25) is 0 Å². The van der Waals surface area contributed by atoms with Crippen LogP contribution in [0.15, 0.2) is 12.3 Å². The van der Waals surface area contributed by atoms with Crippen molar-refractivity contribution in [2.45, 2.75) is 38.7 Å². The first kappa shape index (κ1) is 13.6. The summed E-state index contributed by atoms with van der Waals surface area (Å²) < 4.78 is 9.60. The van der Waals surface area contributed by atoms with Crippen LogP contribution in [0, 0.1) is 12.3 Å². The number of hydrogen-bond acceptors (Lipinski definition) is 3. The van der Waals surface area contributed by atoms with E-state index in [9.17, 15) is 4.79 Å². The van der Waals surface area contributed by atoms with Crippen molar-refractivity contribution in [3.63, 3.8) is 0 Å². The summed E-state index contributed by atoms with van der Waals surface area (Å²) in [5.74, 6) is 2.08. The van der Waals surface area contributed by atoms with Gasteiger partial charge in [-0.15, -0.1) is 6.42 Å². The summed E-state index contributed by atoms with van der Waals surface area (Å²) in [7, 11) is 1.31. The average molecular weight is 210 g/mol. The van der Waals surface area contributed by atoms with Crippen molar-refractivity contribution in [1.82, 2.24) is 0 Å². The Morgan fingerprint density at radius 1 is 1.53 bits per heavy atom. The number of methoxy groups -OCH3 is 1. The third kappa shape index (κ3) is 7.63. The summed E-state index contributed by atoms with van der Waals surface area (Å²) in [6.07, 6.45) is 11.7. The molecule has 0 saturated carbocycles. The topological polar surface area (TPSA) is 35.5 Å². The SMILES string of the molecule is C#CC(CCCCC)O/C=C/C(=O)OC. The number of carbonyl (C=O) groups is 1. The second-order valence-corrected chi connectivity index (χ2v) is 3.11. The lowest BCUT2D eigenvalue weighted by atomic mass is 10.1. The van der Waals surface area contributed by atoms with Gasteiger partial charge in [0.15, 0.2) is 6.10 Å². The molecule has 84 valence electrons. The van der Waals surface area contributed by atoms with Crippen LogP contribution in [0.25, 0.3) is 0 Å². The van der Waals surface area contributed by atoms with Gasteiger partial charge < -0.3 is 9.47 Å². The van der Waals surface area contributed by atoms with Crippen molar-refractivity contribution < 1.29 is 14.3 Å². The first-order chi connectivity index (χ1) is 7.24. The molecule has 0 bridgehead atoms. The lowest BCUT2D eigenvalue weighted by Crippen LogP contribution is -2.06. The number of rotatable bonds is 7. The Bertz CT molecular complexity index is 238. The highest BCUT2D eigenvalue weighted by Gasteiger charge is 2.02. The summed E-state index contributed by atoms with van der Waals surface area (Å²) >= 11 is 0. The lowest BCUT2D eigenvalue weighted by Gasteiger charge is -2.09. The van der Waals surface area contributed by atoms with E-state index in [4.69, 9.17) is 11.2 Å². The van der Waals surface area contributed by atoms with Gasteiger partial charge in [0.05, 0.1) is 19.4 Å². The van der Waals surface area contributed by atoms with Gasteiger partial charge in [-0.25, -0.2) is 4.79 Å². The monoisotopic (exact) mass is 210 g/mol. The molecule has 0 radical (unpaired) electrons. The van der Waals surface area contributed by atoms with E-state index in [0.717, 1.165) is 25.7 Å². The van der Waals surface area contributed by atoms with Crippen LogP contribution in [0.5, 0.6) is 0 Å². The minimum Gasteiger partial charge on any atom is -0.485 e. The molecule has 0 rings (SSSR count). The molecule has 1 unspecified atom stereocenters.